The highest BCUT2D eigenvalue weighted by atomic mass is 32.2. The first-order valence-electron chi connectivity index (χ1n) is 7.23. The molecule has 0 radical (unpaired) electrons. The smallest absolute Gasteiger partial charge is 0.379 e. The number of hydrogen-bond acceptors (Lipinski definition) is 6. The Morgan fingerprint density at radius 3 is 2.50 bits per heavy atom. The fourth-order valence-corrected chi connectivity index (χ4v) is 3.71. The number of alkyl halides is 3. The van der Waals surface area contributed by atoms with Crippen molar-refractivity contribution in [1.82, 2.24) is 10.1 Å². The molecule has 2 aromatic rings. The zero-order valence-corrected chi connectivity index (χ0v) is 13.8. The summed E-state index contributed by atoms with van der Waals surface area (Å²) in [6, 6.07) is 2.93. The molecule has 1 aromatic heterocycles. The fourth-order valence-electron chi connectivity index (χ4n) is 2.15. The fraction of sp³-hybridized carbons (Fsp3) is 0.357. The van der Waals surface area contributed by atoms with Crippen molar-refractivity contribution in [3.05, 3.63) is 35.5 Å². The summed E-state index contributed by atoms with van der Waals surface area (Å²) in [5, 5.41) is 3.08. The Morgan fingerprint density at radius 1 is 1.23 bits per heavy atom. The maximum absolute atomic E-state index is 14.2. The Hall–Kier alpha value is -2.34. The van der Waals surface area contributed by atoms with Gasteiger partial charge >= 0.3 is 12.1 Å². The van der Waals surface area contributed by atoms with Crippen molar-refractivity contribution in [2.24, 2.45) is 4.36 Å². The summed E-state index contributed by atoms with van der Waals surface area (Å²) in [6.07, 6.45) is -4.86. The summed E-state index contributed by atoms with van der Waals surface area (Å²) in [5.74, 6) is -3.95. The lowest BCUT2D eigenvalue weighted by Gasteiger charge is -2.15. The van der Waals surface area contributed by atoms with Crippen LogP contribution >= 0.6 is 0 Å². The van der Waals surface area contributed by atoms with Gasteiger partial charge in [-0.3, -0.25) is 4.79 Å². The lowest BCUT2D eigenvalue weighted by Crippen LogP contribution is -2.26. The molecule has 0 saturated carbocycles. The second-order valence-electron chi connectivity index (χ2n) is 5.31. The molecule has 0 spiro atoms. The zero-order valence-electron chi connectivity index (χ0n) is 13.0. The topological polar surface area (TPSA) is 94.7 Å². The lowest BCUT2D eigenvalue weighted by atomic mass is 10.1. The minimum absolute atomic E-state index is 0.0996. The van der Waals surface area contributed by atoms with Crippen molar-refractivity contribution >= 4 is 15.6 Å². The molecule has 140 valence electrons. The van der Waals surface area contributed by atoms with E-state index in [2.05, 4.69) is 19.0 Å². The molecule has 1 aliphatic heterocycles. The highest BCUT2D eigenvalue weighted by Gasteiger charge is 2.38. The minimum Gasteiger partial charge on any atom is -0.379 e. The van der Waals surface area contributed by atoms with Crippen molar-refractivity contribution in [2.45, 2.75) is 6.18 Å². The molecule has 0 N–H and O–H groups in total. The zero-order chi connectivity index (χ0) is 18.9. The monoisotopic (exact) mass is 393 g/mol. The van der Waals surface area contributed by atoms with E-state index < -0.39 is 39.3 Å². The molecular weight excluding hydrogens is 382 g/mol. The lowest BCUT2D eigenvalue weighted by molar-refractivity contribution is -0.159. The summed E-state index contributed by atoms with van der Waals surface area (Å²) in [5.41, 5.74) is -0.573. The molecule has 3 rings (SSSR count). The SMILES string of the molecule is O=C(N=S1(=O)CCOCC1)c1ccc(-c2noc(C(F)(F)F)n2)c(F)c1. The van der Waals surface area contributed by atoms with E-state index in [0.717, 1.165) is 18.2 Å². The first-order chi connectivity index (χ1) is 12.2. The van der Waals surface area contributed by atoms with E-state index in [4.69, 9.17) is 4.74 Å². The van der Waals surface area contributed by atoms with Crippen molar-refractivity contribution in [1.29, 1.82) is 0 Å². The van der Waals surface area contributed by atoms with Gasteiger partial charge in [0.05, 0.1) is 40.0 Å². The molecule has 1 saturated heterocycles. The standard InChI is InChI=1S/C14H11F4N3O4S/c15-10-7-8(12(22)21-26(23)5-3-24-4-6-26)1-2-9(10)11-19-13(25-20-11)14(16,17)18/h1-2,7H,3-6H2. The summed E-state index contributed by atoms with van der Waals surface area (Å²) >= 11 is 0. The van der Waals surface area contributed by atoms with E-state index in [-0.39, 0.29) is 35.8 Å². The predicted octanol–water partition coefficient (Wildman–Crippen LogP) is 2.53. The second-order valence-corrected chi connectivity index (χ2v) is 7.85. The third-order valence-corrected chi connectivity index (χ3v) is 5.58. The van der Waals surface area contributed by atoms with Gasteiger partial charge < -0.3 is 9.26 Å². The van der Waals surface area contributed by atoms with Crippen molar-refractivity contribution in [3.8, 4) is 11.4 Å². The number of nitrogens with zero attached hydrogens (tertiary/aromatic N) is 3. The van der Waals surface area contributed by atoms with Gasteiger partial charge in [-0.25, -0.2) is 8.60 Å². The van der Waals surface area contributed by atoms with E-state index in [9.17, 15) is 26.6 Å². The molecule has 1 amide bonds. The third kappa shape index (κ3) is 3.90. The predicted molar refractivity (Wildman–Crippen MR) is 80.1 cm³/mol. The molecule has 2 heterocycles. The summed E-state index contributed by atoms with van der Waals surface area (Å²) < 4.78 is 76.7. The molecule has 1 aliphatic rings. The van der Waals surface area contributed by atoms with Crippen molar-refractivity contribution in [3.63, 3.8) is 0 Å². The highest BCUT2D eigenvalue weighted by Crippen LogP contribution is 2.30. The Morgan fingerprint density at radius 2 is 1.92 bits per heavy atom. The molecule has 0 bridgehead atoms. The van der Waals surface area contributed by atoms with Gasteiger partial charge in [-0.2, -0.15) is 22.5 Å². The van der Waals surface area contributed by atoms with Gasteiger partial charge in [-0.05, 0) is 18.2 Å². The average molecular weight is 393 g/mol. The number of amides is 1. The number of hydrogen-bond donors (Lipinski definition) is 0. The Balaban J connectivity index is 1.88. The van der Waals surface area contributed by atoms with E-state index in [1.54, 1.807) is 0 Å². The summed E-state index contributed by atoms with van der Waals surface area (Å²) in [7, 11) is -2.76. The average Bonchev–Trinajstić information content (AvgIpc) is 3.05. The molecule has 1 aromatic carbocycles. The third-order valence-electron chi connectivity index (χ3n) is 3.47. The van der Waals surface area contributed by atoms with Crippen LogP contribution in [0.4, 0.5) is 17.6 Å². The maximum Gasteiger partial charge on any atom is 0.471 e. The van der Waals surface area contributed by atoms with Crippen LogP contribution in [-0.2, 0) is 20.6 Å². The van der Waals surface area contributed by atoms with E-state index in [1.165, 1.54) is 0 Å². The van der Waals surface area contributed by atoms with E-state index >= 15 is 0 Å². The Labute approximate surface area is 144 Å². The molecule has 0 unspecified atom stereocenters. The van der Waals surface area contributed by atoms with Gasteiger partial charge in [0.15, 0.2) is 0 Å². The van der Waals surface area contributed by atoms with Gasteiger partial charge in [0.25, 0.3) is 5.91 Å². The van der Waals surface area contributed by atoms with Crippen molar-refractivity contribution < 1.29 is 35.8 Å². The highest BCUT2D eigenvalue weighted by molar-refractivity contribution is 7.94. The molecule has 7 nitrogen and oxygen atoms in total. The van der Waals surface area contributed by atoms with E-state index in [0.29, 0.717) is 0 Å². The van der Waals surface area contributed by atoms with Crippen LogP contribution in [0.5, 0.6) is 0 Å². The molecule has 0 aliphatic carbocycles. The van der Waals surface area contributed by atoms with Crippen LogP contribution < -0.4 is 0 Å². The maximum atomic E-state index is 14.2. The summed E-state index contributed by atoms with van der Waals surface area (Å²) in [4.78, 5) is 15.2. The molecule has 26 heavy (non-hydrogen) atoms. The number of aromatic nitrogens is 2. The van der Waals surface area contributed by atoms with Gasteiger partial charge in [0.2, 0.25) is 5.82 Å². The molecular formula is C14H11F4N3O4S. The van der Waals surface area contributed by atoms with Gasteiger partial charge in [-0.1, -0.05) is 5.16 Å². The number of carbonyl (C=O) groups excluding carboxylic acids is 1. The number of ether oxygens (including phenoxy) is 1. The second kappa shape index (κ2) is 6.76. The number of benzene rings is 1. The number of halogens is 4. The summed E-state index contributed by atoms with van der Waals surface area (Å²) in [6.45, 7) is 0.421. The normalized spacial score (nSPS) is 17.1. The van der Waals surface area contributed by atoms with Crippen LogP contribution in [-0.4, -0.2) is 45.0 Å². The van der Waals surface area contributed by atoms with Crippen LogP contribution in [0.25, 0.3) is 11.4 Å². The van der Waals surface area contributed by atoms with Crippen molar-refractivity contribution in [2.75, 3.05) is 24.7 Å². The van der Waals surface area contributed by atoms with Crippen LogP contribution in [0, 0.1) is 5.82 Å². The number of carbonyl (C=O) groups is 1. The van der Waals surface area contributed by atoms with Gasteiger partial charge in [0, 0.05) is 5.56 Å². The quantitative estimate of drug-likeness (QED) is 0.728. The van der Waals surface area contributed by atoms with Crippen LogP contribution in [0.2, 0.25) is 0 Å². The first kappa shape index (κ1) is 18.5. The Kier molecular flexibility index (Phi) is 4.80. The van der Waals surface area contributed by atoms with Crippen LogP contribution in [0.15, 0.2) is 27.1 Å². The Bertz CT molecular complexity index is 951. The number of rotatable bonds is 2. The van der Waals surface area contributed by atoms with E-state index in [1.807, 2.05) is 0 Å². The largest absolute Gasteiger partial charge is 0.471 e. The van der Waals surface area contributed by atoms with Crippen LogP contribution in [0.3, 0.4) is 0 Å². The van der Waals surface area contributed by atoms with Gasteiger partial charge in [-0.15, -0.1) is 0 Å². The molecule has 1 fully saturated rings. The first-order valence-corrected chi connectivity index (χ1v) is 9.09. The molecule has 12 heteroatoms. The van der Waals surface area contributed by atoms with Crippen LogP contribution in [0.1, 0.15) is 16.2 Å². The minimum atomic E-state index is -4.86. The van der Waals surface area contributed by atoms with Gasteiger partial charge in [0.1, 0.15) is 5.82 Å². The molecule has 0 atom stereocenters.